The van der Waals surface area contributed by atoms with Crippen LogP contribution in [-0.2, 0) is 23.5 Å². The van der Waals surface area contributed by atoms with Crippen LogP contribution < -0.4 is 25.7 Å². The molecule has 1 aliphatic heterocycles. The summed E-state index contributed by atoms with van der Waals surface area (Å²) in [4.78, 5) is 25.1. The van der Waals surface area contributed by atoms with E-state index in [2.05, 4.69) is 5.32 Å². The number of rotatable bonds is 7. The Balaban J connectivity index is 1.75. The topological polar surface area (TPSA) is 124 Å². The number of nitrogens with zero attached hydrogens (tertiary/aromatic N) is 2. The van der Waals surface area contributed by atoms with Gasteiger partial charge in [0.2, 0.25) is 10.0 Å². The van der Waals surface area contributed by atoms with E-state index in [9.17, 15) is 22.4 Å². The number of benzene rings is 2. The first-order chi connectivity index (χ1) is 16.5. The van der Waals surface area contributed by atoms with Gasteiger partial charge < -0.3 is 15.8 Å². The van der Waals surface area contributed by atoms with Crippen molar-refractivity contribution >= 4 is 55.7 Å². The number of primary amides is 1. The molecule has 1 amide bonds. The first-order valence-electron chi connectivity index (χ1n) is 10.6. The first kappa shape index (κ1) is 25.0. The van der Waals surface area contributed by atoms with Crippen molar-refractivity contribution in [2.45, 2.75) is 13.3 Å². The molecular formula is C23H22FIN4O5S. The van der Waals surface area contributed by atoms with E-state index >= 15 is 0 Å². The Morgan fingerprint density at radius 1 is 1.23 bits per heavy atom. The molecular weight excluding hydrogens is 590 g/mol. The van der Waals surface area contributed by atoms with Gasteiger partial charge in [0.15, 0.2) is 0 Å². The van der Waals surface area contributed by atoms with Gasteiger partial charge in [-0.1, -0.05) is 0 Å². The van der Waals surface area contributed by atoms with Crippen LogP contribution in [0.25, 0.3) is 0 Å². The molecule has 3 aromatic rings. The third-order valence-corrected chi connectivity index (χ3v) is 8.12. The lowest BCUT2D eigenvalue weighted by Gasteiger charge is -2.19. The van der Waals surface area contributed by atoms with Gasteiger partial charge in [-0.15, -0.1) is 0 Å². The van der Waals surface area contributed by atoms with E-state index in [4.69, 9.17) is 10.5 Å². The zero-order valence-corrected chi connectivity index (χ0v) is 21.8. The molecule has 2 heterocycles. The monoisotopic (exact) mass is 612 g/mol. The van der Waals surface area contributed by atoms with Gasteiger partial charge in [0.05, 0.1) is 17.1 Å². The Labute approximate surface area is 214 Å². The average Bonchev–Trinajstić information content (AvgIpc) is 3.22. The molecule has 4 rings (SSSR count). The van der Waals surface area contributed by atoms with Crippen LogP contribution >= 0.6 is 22.6 Å². The van der Waals surface area contributed by atoms with E-state index in [0.717, 1.165) is 16.2 Å². The maximum Gasteiger partial charge on any atom is 0.256 e. The van der Waals surface area contributed by atoms with Crippen LogP contribution in [0.4, 0.5) is 21.6 Å². The predicted molar refractivity (Wildman–Crippen MR) is 140 cm³/mol. The summed E-state index contributed by atoms with van der Waals surface area (Å²) >= 11 is 1.97. The number of anilines is 3. The van der Waals surface area contributed by atoms with Gasteiger partial charge in [0, 0.05) is 23.2 Å². The first-order valence-corrected chi connectivity index (χ1v) is 13.3. The minimum absolute atomic E-state index is 0.0170. The summed E-state index contributed by atoms with van der Waals surface area (Å²) in [5.41, 5.74) is 6.35. The number of pyridine rings is 1. The van der Waals surface area contributed by atoms with Gasteiger partial charge in [-0.3, -0.25) is 18.5 Å². The highest BCUT2D eigenvalue weighted by atomic mass is 127. The number of carbonyl (C=O) groups is 1. The Hall–Kier alpha value is -3.13. The summed E-state index contributed by atoms with van der Waals surface area (Å²) in [6.45, 7) is 1.91. The summed E-state index contributed by atoms with van der Waals surface area (Å²) in [6.07, 6.45) is 0.490. The Morgan fingerprint density at radius 2 is 1.97 bits per heavy atom. The molecule has 0 aliphatic carbocycles. The number of fused-ring (bicyclic) bond motifs is 1. The highest BCUT2D eigenvalue weighted by Gasteiger charge is 2.29. The molecule has 12 heteroatoms. The van der Waals surface area contributed by atoms with Crippen LogP contribution in [0.2, 0.25) is 0 Å². The van der Waals surface area contributed by atoms with Crippen LogP contribution in [-0.4, -0.2) is 31.2 Å². The molecule has 0 saturated heterocycles. The van der Waals surface area contributed by atoms with Crippen LogP contribution in [0, 0.1) is 9.39 Å². The van der Waals surface area contributed by atoms with E-state index in [1.165, 1.54) is 23.5 Å². The van der Waals surface area contributed by atoms with Crippen molar-refractivity contribution < 1.29 is 22.3 Å². The Bertz CT molecular complexity index is 1510. The van der Waals surface area contributed by atoms with Crippen LogP contribution in [0.15, 0.2) is 47.3 Å². The second kappa shape index (κ2) is 9.49. The molecule has 0 unspecified atom stereocenters. The summed E-state index contributed by atoms with van der Waals surface area (Å²) < 4.78 is 48.2. The maximum absolute atomic E-state index is 14.5. The molecule has 0 atom stereocenters. The highest BCUT2D eigenvalue weighted by Crippen LogP contribution is 2.36. The molecule has 2 aromatic carbocycles. The van der Waals surface area contributed by atoms with Crippen molar-refractivity contribution in [3.05, 3.63) is 73.3 Å². The molecule has 1 aliphatic rings. The quantitative estimate of drug-likeness (QED) is 0.394. The fraction of sp³-hybridized carbons (Fsp3) is 0.217. The third-order valence-electron chi connectivity index (χ3n) is 5.67. The number of hydrogen-bond donors (Lipinski definition) is 2. The minimum Gasteiger partial charge on any atom is -0.456 e. The molecule has 184 valence electrons. The van der Waals surface area contributed by atoms with Crippen LogP contribution in [0.1, 0.15) is 22.8 Å². The highest BCUT2D eigenvalue weighted by molar-refractivity contribution is 14.1. The smallest absolute Gasteiger partial charge is 0.256 e. The third kappa shape index (κ3) is 4.85. The van der Waals surface area contributed by atoms with E-state index in [1.54, 1.807) is 31.2 Å². The van der Waals surface area contributed by atoms with Gasteiger partial charge in [0.1, 0.15) is 28.7 Å². The normalized spacial score (nSPS) is 13.0. The van der Waals surface area contributed by atoms with Crippen molar-refractivity contribution in [2.24, 2.45) is 12.8 Å². The van der Waals surface area contributed by atoms with Gasteiger partial charge in [0.25, 0.3) is 11.5 Å². The van der Waals surface area contributed by atoms with Crippen LogP contribution in [0.5, 0.6) is 11.5 Å². The predicted octanol–water partition coefficient (Wildman–Crippen LogP) is 3.48. The van der Waals surface area contributed by atoms with E-state index in [1.807, 2.05) is 22.6 Å². The van der Waals surface area contributed by atoms with Gasteiger partial charge in [-0.05, 0) is 77.9 Å². The van der Waals surface area contributed by atoms with Crippen LogP contribution in [0.3, 0.4) is 0 Å². The van der Waals surface area contributed by atoms with Crippen molar-refractivity contribution in [1.29, 1.82) is 0 Å². The van der Waals surface area contributed by atoms with E-state index in [-0.39, 0.29) is 28.6 Å². The number of aromatic nitrogens is 1. The second-order valence-corrected chi connectivity index (χ2v) is 11.3. The number of sulfonamides is 1. The minimum atomic E-state index is -3.41. The summed E-state index contributed by atoms with van der Waals surface area (Å²) in [6, 6.07) is 10.4. The van der Waals surface area contributed by atoms with Gasteiger partial charge in [-0.2, -0.15) is 0 Å². The number of nitrogens with one attached hydrogen (secondary N) is 1. The largest absolute Gasteiger partial charge is 0.456 e. The SMILES string of the molecule is CCS(=O)(=O)N1CCc2cc(Oc3cc(=O)n(C)c(Nc4ccc(I)cc4F)c3C(N)=O)ccc21. The molecule has 1 aromatic heterocycles. The van der Waals surface area contributed by atoms with E-state index in [0.29, 0.717) is 28.0 Å². The van der Waals surface area contributed by atoms with E-state index < -0.39 is 27.3 Å². The van der Waals surface area contributed by atoms with Crippen molar-refractivity contribution in [3.63, 3.8) is 0 Å². The van der Waals surface area contributed by atoms with Crippen molar-refractivity contribution in [2.75, 3.05) is 21.9 Å². The Kier molecular flexibility index (Phi) is 6.77. The standard InChI is InChI=1S/C23H22FIN4O5S/c1-3-35(32,33)29-9-8-13-10-15(5-7-18(13)29)34-19-12-20(30)28(2)23(21(19)22(26)31)27-17-6-4-14(25)11-16(17)24/h4-7,10-12,27H,3,8-9H2,1-2H3,(H2,26,31). The van der Waals surface area contributed by atoms with Gasteiger partial charge >= 0.3 is 0 Å². The molecule has 0 fully saturated rings. The molecule has 0 saturated carbocycles. The van der Waals surface area contributed by atoms with Crippen molar-refractivity contribution in [3.8, 4) is 11.5 Å². The fourth-order valence-corrected chi connectivity index (χ4v) is 5.45. The molecule has 0 bridgehead atoms. The molecule has 3 N–H and O–H groups in total. The lowest BCUT2D eigenvalue weighted by Crippen LogP contribution is -2.30. The Morgan fingerprint density at radius 3 is 2.63 bits per heavy atom. The number of carbonyl (C=O) groups excluding carboxylic acids is 1. The fourth-order valence-electron chi connectivity index (χ4n) is 3.84. The maximum atomic E-state index is 14.5. The molecule has 0 radical (unpaired) electrons. The van der Waals surface area contributed by atoms with Gasteiger partial charge in [-0.25, -0.2) is 12.8 Å². The lowest BCUT2D eigenvalue weighted by molar-refractivity contribution is 0.0998. The number of halogens is 2. The second-order valence-electron chi connectivity index (χ2n) is 7.86. The molecule has 35 heavy (non-hydrogen) atoms. The number of amides is 1. The van der Waals surface area contributed by atoms with Crippen molar-refractivity contribution in [1.82, 2.24) is 4.57 Å². The number of ether oxygens (including phenoxy) is 1. The number of hydrogen-bond acceptors (Lipinski definition) is 6. The molecule has 9 nitrogen and oxygen atoms in total. The zero-order chi connectivity index (χ0) is 25.5. The lowest BCUT2D eigenvalue weighted by atomic mass is 10.1. The zero-order valence-electron chi connectivity index (χ0n) is 18.8. The molecule has 0 spiro atoms. The summed E-state index contributed by atoms with van der Waals surface area (Å²) in [5, 5.41) is 2.79. The number of nitrogens with two attached hydrogens (primary N) is 1. The summed E-state index contributed by atoms with van der Waals surface area (Å²) in [5.74, 6) is -1.31. The average molecular weight is 612 g/mol. The summed E-state index contributed by atoms with van der Waals surface area (Å²) in [7, 11) is -1.98.